The van der Waals surface area contributed by atoms with Crippen molar-refractivity contribution in [2.45, 2.75) is 19.3 Å². The first-order chi connectivity index (χ1) is 5.17. The van der Waals surface area contributed by atoms with Gasteiger partial charge < -0.3 is 0 Å². The molecular formula is C9H10F2. The molecular weight excluding hydrogens is 146 g/mol. The maximum absolute atomic E-state index is 12.9. The standard InChI is InChI=1S/C9H10F2/c1-2-9(10,11)8-6-4-3-5-7-8/h3-7H,2H2,1H3. The van der Waals surface area contributed by atoms with Crippen LogP contribution in [0.5, 0.6) is 0 Å². The maximum atomic E-state index is 12.9. The Hall–Kier alpha value is -0.920. The molecule has 0 saturated carbocycles. The molecule has 0 spiro atoms. The number of benzene rings is 1. The highest BCUT2D eigenvalue weighted by Gasteiger charge is 2.27. The lowest BCUT2D eigenvalue weighted by Gasteiger charge is -2.13. The smallest absolute Gasteiger partial charge is 0.201 e. The second-order valence-corrected chi connectivity index (χ2v) is 2.42. The Bertz CT molecular complexity index is 216. The van der Waals surface area contributed by atoms with Crippen LogP contribution >= 0.6 is 0 Å². The fraction of sp³-hybridized carbons (Fsp3) is 0.333. The Balaban J connectivity index is 2.93. The number of hydrogen-bond donors (Lipinski definition) is 0. The van der Waals surface area contributed by atoms with Gasteiger partial charge in [0, 0.05) is 12.0 Å². The monoisotopic (exact) mass is 156 g/mol. The van der Waals surface area contributed by atoms with Crippen LogP contribution in [0.1, 0.15) is 18.9 Å². The molecule has 0 aliphatic carbocycles. The summed E-state index contributed by atoms with van der Waals surface area (Å²) in [7, 11) is 0. The van der Waals surface area contributed by atoms with Crippen molar-refractivity contribution >= 4 is 0 Å². The van der Waals surface area contributed by atoms with E-state index in [9.17, 15) is 8.78 Å². The Labute approximate surface area is 64.9 Å². The van der Waals surface area contributed by atoms with Crippen molar-refractivity contribution in [3.05, 3.63) is 35.9 Å². The van der Waals surface area contributed by atoms with E-state index in [0.29, 0.717) is 0 Å². The van der Waals surface area contributed by atoms with Gasteiger partial charge in [0.15, 0.2) is 0 Å². The zero-order valence-electron chi connectivity index (χ0n) is 6.35. The van der Waals surface area contributed by atoms with Crippen LogP contribution in [0.2, 0.25) is 0 Å². The van der Waals surface area contributed by atoms with Gasteiger partial charge in [-0.2, -0.15) is 0 Å². The third kappa shape index (κ3) is 1.76. The minimum Gasteiger partial charge on any atom is -0.201 e. The van der Waals surface area contributed by atoms with Crippen molar-refractivity contribution < 1.29 is 8.78 Å². The van der Waals surface area contributed by atoms with E-state index in [2.05, 4.69) is 0 Å². The molecule has 0 bridgehead atoms. The molecule has 1 rings (SSSR count). The average Bonchev–Trinajstić information content (AvgIpc) is 2.06. The molecule has 0 atom stereocenters. The molecule has 0 fully saturated rings. The molecule has 1 aromatic rings. The van der Waals surface area contributed by atoms with Gasteiger partial charge in [0.05, 0.1) is 0 Å². The van der Waals surface area contributed by atoms with Crippen LogP contribution in [0.4, 0.5) is 8.78 Å². The summed E-state index contributed by atoms with van der Waals surface area (Å²) in [6.45, 7) is 1.48. The lowest BCUT2D eigenvalue weighted by Crippen LogP contribution is -2.10. The Morgan fingerprint density at radius 1 is 1.18 bits per heavy atom. The van der Waals surface area contributed by atoms with E-state index in [1.54, 1.807) is 18.2 Å². The number of hydrogen-bond acceptors (Lipinski definition) is 0. The first kappa shape index (κ1) is 8.18. The number of rotatable bonds is 2. The molecule has 2 heteroatoms. The summed E-state index contributed by atoms with van der Waals surface area (Å²) in [6.07, 6.45) is -0.142. The minimum absolute atomic E-state index is 0.0995. The SMILES string of the molecule is CCC(F)(F)c1ccccc1. The van der Waals surface area contributed by atoms with E-state index in [1.807, 2.05) is 0 Å². The second-order valence-electron chi connectivity index (χ2n) is 2.42. The highest BCUT2D eigenvalue weighted by Crippen LogP contribution is 2.30. The topological polar surface area (TPSA) is 0 Å². The third-order valence-corrected chi connectivity index (χ3v) is 1.64. The molecule has 0 heterocycles. The van der Waals surface area contributed by atoms with E-state index in [4.69, 9.17) is 0 Å². The second kappa shape index (κ2) is 2.99. The van der Waals surface area contributed by atoms with Crippen LogP contribution in [0.25, 0.3) is 0 Å². The summed E-state index contributed by atoms with van der Waals surface area (Å²) in [6, 6.07) is 7.88. The van der Waals surface area contributed by atoms with Gasteiger partial charge in [0.2, 0.25) is 0 Å². The van der Waals surface area contributed by atoms with Gasteiger partial charge in [-0.3, -0.25) is 0 Å². The van der Waals surface area contributed by atoms with Crippen LogP contribution in [0.15, 0.2) is 30.3 Å². The summed E-state index contributed by atoms with van der Waals surface area (Å²) in [5, 5.41) is 0. The molecule has 0 unspecified atom stereocenters. The third-order valence-electron chi connectivity index (χ3n) is 1.64. The van der Waals surface area contributed by atoms with Crippen molar-refractivity contribution in [2.75, 3.05) is 0 Å². The molecule has 0 aliphatic rings. The van der Waals surface area contributed by atoms with Gasteiger partial charge in [-0.25, -0.2) is 8.78 Å². The molecule has 0 amide bonds. The molecule has 0 aromatic heterocycles. The normalized spacial score (nSPS) is 11.5. The molecule has 60 valence electrons. The fourth-order valence-corrected chi connectivity index (χ4v) is 0.886. The Kier molecular flexibility index (Phi) is 2.22. The van der Waals surface area contributed by atoms with E-state index < -0.39 is 5.92 Å². The highest BCUT2D eigenvalue weighted by atomic mass is 19.3. The zero-order chi connectivity index (χ0) is 8.32. The van der Waals surface area contributed by atoms with Crippen LogP contribution in [-0.4, -0.2) is 0 Å². The quantitative estimate of drug-likeness (QED) is 0.616. The van der Waals surface area contributed by atoms with Crippen LogP contribution in [-0.2, 0) is 5.92 Å². The molecule has 0 nitrogen and oxygen atoms in total. The van der Waals surface area contributed by atoms with Crippen molar-refractivity contribution in [3.63, 3.8) is 0 Å². The van der Waals surface area contributed by atoms with E-state index >= 15 is 0 Å². The number of alkyl halides is 2. The van der Waals surface area contributed by atoms with Crippen LogP contribution in [0.3, 0.4) is 0 Å². The molecule has 0 aliphatic heterocycles. The predicted molar refractivity (Wildman–Crippen MR) is 40.6 cm³/mol. The van der Waals surface area contributed by atoms with Gasteiger partial charge in [-0.15, -0.1) is 0 Å². The summed E-state index contributed by atoms with van der Waals surface area (Å²) in [5.41, 5.74) is 0.0995. The summed E-state index contributed by atoms with van der Waals surface area (Å²) in [4.78, 5) is 0. The first-order valence-electron chi connectivity index (χ1n) is 3.60. The van der Waals surface area contributed by atoms with Crippen LogP contribution < -0.4 is 0 Å². The fourth-order valence-electron chi connectivity index (χ4n) is 0.886. The molecule has 0 radical (unpaired) electrons. The van der Waals surface area contributed by atoms with E-state index in [0.717, 1.165) is 0 Å². The van der Waals surface area contributed by atoms with Gasteiger partial charge in [-0.1, -0.05) is 37.3 Å². The Morgan fingerprint density at radius 2 is 1.73 bits per heavy atom. The molecule has 0 saturated heterocycles. The summed E-state index contributed by atoms with van der Waals surface area (Å²) in [5.74, 6) is -2.67. The lowest BCUT2D eigenvalue weighted by atomic mass is 10.1. The van der Waals surface area contributed by atoms with E-state index in [-0.39, 0.29) is 12.0 Å². The van der Waals surface area contributed by atoms with Gasteiger partial charge >= 0.3 is 0 Å². The molecule has 0 N–H and O–H groups in total. The average molecular weight is 156 g/mol. The lowest BCUT2D eigenvalue weighted by molar-refractivity contribution is -0.00828. The van der Waals surface area contributed by atoms with Crippen molar-refractivity contribution in [2.24, 2.45) is 0 Å². The van der Waals surface area contributed by atoms with Crippen molar-refractivity contribution in [1.82, 2.24) is 0 Å². The molecule has 11 heavy (non-hydrogen) atoms. The molecule has 1 aromatic carbocycles. The highest BCUT2D eigenvalue weighted by molar-refractivity contribution is 5.19. The minimum atomic E-state index is -2.67. The van der Waals surface area contributed by atoms with Crippen LogP contribution in [0, 0.1) is 0 Å². The Morgan fingerprint density at radius 3 is 2.18 bits per heavy atom. The maximum Gasteiger partial charge on any atom is 0.273 e. The predicted octanol–water partition coefficient (Wildman–Crippen LogP) is 3.19. The zero-order valence-corrected chi connectivity index (χ0v) is 6.35. The largest absolute Gasteiger partial charge is 0.273 e. The van der Waals surface area contributed by atoms with Crippen molar-refractivity contribution in [3.8, 4) is 0 Å². The van der Waals surface area contributed by atoms with Gasteiger partial charge in [-0.05, 0) is 0 Å². The number of halogens is 2. The summed E-state index contributed by atoms with van der Waals surface area (Å²) < 4.78 is 25.8. The summed E-state index contributed by atoms with van der Waals surface area (Å²) >= 11 is 0. The van der Waals surface area contributed by atoms with Crippen molar-refractivity contribution in [1.29, 1.82) is 0 Å². The van der Waals surface area contributed by atoms with Gasteiger partial charge in [0.1, 0.15) is 0 Å². The van der Waals surface area contributed by atoms with Gasteiger partial charge in [0.25, 0.3) is 5.92 Å². The first-order valence-corrected chi connectivity index (χ1v) is 3.60. The van der Waals surface area contributed by atoms with E-state index in [1.165, 1.54) is 19.1 Å².